The Bertz CT molecular complexity index is 2180. The number of likely N-dealkylation sites (N-methyl/N-ethyl adjacent to an activating group) is 1. The number of piperidine rings is 1. The van der Waals surface area contributed by atoms with Crippen molar-refractivity contribution >= 4 is 47.8 Å². The summed E-state index contributed by atoms with van der Waals surface area (Å²) in [5, 5.41) is 25.4. The van der Waals surface area contributed by atoms with Crippen molar-refractivity contribution in [1.82, 2.24) is 41.6 Å². The third-order valence-electron chi connectivity index (χ3n) is 10.8. The van der Waals surface area contributed by atoms with Crippen LogP contribution in [-0.2, 0) is 62.8 Å². The summed E-state index contributed by atoms with van der Waals surface area (Å²) >= 11 is 0. The first-order valence-electron chi connectivity index (χ1n) is 23.7. The van der Waals surface area contributed by atoms with Crippen LogP contribution in [0.1, 0.15) is 88.8 Å². The van der Waals surface area contributed by atoms with Crippen LogP contribution < -0.4 is 26.6 Å². The molecule has 8 amide bonds. The average Bonchev–Trinajstić information content (AvgIpc) is 3.35. The molecule has 0 spiro atoms. The topological polar surface area (TPSA) is 264 Å². The second-order valence-electron chi connectivity index (χ2n) is 17.7. The summed E-state index contributed by atoms with van der Waals surface area (Å²) < 4.78 is 16.0. The number of carbonyl (C=O) groups is 8. The summed E-state index contributed by atoms with van der Waals surface area (Å²) in [6.45, 7) is 5.17. The van der Waals surface area contributed by atoms with E-state index in [4.69, 9.17) is 19.0 Å². The van der Waals surface area contributed by atoms with Gasteiger partial charge in [-0.25, -0.2) is 24.5 Å². The molecule has 6 N–H and O–H groups in total. The molecule has 1 fully saturated rings. The Balaban J connectivity index is 1.40. The molecule has 0 saturated carbocycles. The highest BCUT2D eigenvalue weighted by Gasteiger charge is 2.35. The number of carbonyl (C=O) groups excluding carboxylic acids is 8. The van der Waals surface area contributed by atoms with Crippen molar-refractivity contribution in [2.24, 2.45) is 0 Å². The molecular weight excluding hydrogens is 921 g/mol. The number of alkyl carbamates (subject to hydrolysis) is 2. The molecule has 71 heavy (non-hydrogen) atoms. The fourth-order valence-electron chi connectivity index (χ4n) is 7.04. The Labute approximate surface area is 414 Å². The highest BCUT2D eigenvalue weighted by molar-refractivity contribution is 5.94. The molecule has 3 aromatic rings. The lowest BCUT2D eigenvalue weighted by atomic mass is 10.0. The van der Waals surface area contributed by atoms with Crippen molar-refractivity contribution in [3.8, 4) is 0 Å². The van der Waals surface area contributed by atoms with Crippen LogP contribution in [-0.4, -0.2) is 132 Å². The molecule has 0 bridgehead atoms. The molecule has 3 atom stereocenters. The minimum atomic E-state index is -1.30. The third-order valence-corrected chi connectivity index (χ3v) is 10.8. The van der Waals surface area contributed by atoms with Crippen LogP contribution in [0.3, 0.4) is 0 Å². The Morgan fingerprint density at radius 3 is 1.92 bits per heavy atom. The first-order chi connectivity index (χ1) is 34.0. The zero-order valence-corrected chi connectivity index (χ0v) is 40.9. The van der Waals surface area contributed by atoms with E-state index < -0.39 is 71.5 Å². The molecule has 21 heteroatoms. The molecule has 0 aromatic heterocycles. The molecule has 0 unspecified atom stereocenters. The molecule has 4 rings (SSSR count). The smallest absolute Gasteiger partial charge is 0.410 e. The van der Waals surface area contributed by atoms with Crippen LogP contribution in [0.25, 0.3) is 0 Å². The number of rotatable bonds is 26. The van der Waals surface area contributed by atoms with E-state index in [2.05, 4.69) is 26.6 Å². The number of ether oxygens (including phenoxy) is 3. The van der Waals surface area contributed by atoms with Crippen LogP contribution in [0.2, 0.25) is 0 Å². The number of nitrogens with zero attached hydrogens (tertiary/aromatic N) is 3. The van der Waals surface area contributed by atoms with Gasteiger partial charge >= 0.3 is 18.3 Å². The molecule has 1 heterocycles. The third kappa shape index (κ3) is 21.5. The quantitative estimate of drug-likeness (QED) is 0.0281. The van der Waals surface area contributed by atoms with Gasteiger partial charge in [0.1, 0.15) is 43.5 Å². The Hall–Kier alpha value is -7.26. The minimum Gasteiger partial charge on any atom is -0.445 e. The maximum Gasteiger partial charge on any atom is 0.410 e. The summed E-state index contributed by atoms with van der Waals surface area (Å²) in [4.78, 5) is 112. The van der Waals surface area contributed by atoms with Gasteiger partial charge in [-0.05, 0) is 76.0 Å². The van der Waals surface area contributed by atoms with E-state index in [0.29, 0.717) is 30.0 Å². The van der Waals surface area contributed by atoms with Gasteiger partial charge in [0.05, 0.1) is 0 Å². The van der Waals surface area contributed by atoms with Gasteiger partial charge in [0.2, 0.25) is 23.6 Å². The minimum absolute atomic E-state index is 0.00236. The first-order valence-corrected chi connectivity index (χ1v) is 23.7. The Morgan fingerprint density at radius 1 is 0.718 bits per heavy atom. The number of amides is 8. The Kier molecular flexibility index (Phi) is 23.6. The zero-order chi connectivity index (χ0) is 51.6. The average molecular weight is 989 g/mol. The van der Waals surface area contributed by atoms with E-state index in [1.54, 1.807) is 51.1 Å². The molecule has 0 aliphatic carbocycles. The van der Waals surface area contributed by atoms with Crippen LogP contribution in [0, 0.1) is 0 Å². The zero-order valence-electron chi connectivity index (χ0n) is 40.9. The number of nitrogens with one attached hydrogen (secondary N) is 5. The van der Waals surface area contributed by atoms with Gasteiger partial charge in [-0.15, -0.1) is 0 Å². The molecule has 386 valence electrons. The predicted octanol–water partition coefficient (Wildman–Crippen LogP) is 4.47. The summed E-state index contributed by atoms with van der Waals surface area (Å²) in [5.41, 5.74) is 1.62. The first kappa shape index (κ1) is 56.3. The number of benzene rings is 3. The van der Waals surface area contributed by atoms with Crippen molar-refractivity contribution in [2.75, 3.05) is 39.8 Å². The SMILES string of the molecule is CN(C(=O)OCc1ccccc1)[C@@H](CCCN(O)C(=O)CCNC(=O)CCNC(=O)OC(C)(C)C)C(=O)N[C@@H](CCCNC(=O)OCc1ccccc1)C(=O)N[C@H]1CCCN(OCc2ccccc2)C1=O. The maximum absolute atomic E-state index is 14.3. The summed E-state index contributed by atoms with van der Waals surface area (Å²) in [6, 6.07) is 23.7. The van der Waals surface area contributed by atoms with Gasteiger partial charge in [-0.3, -0.25) is 38.9 Å². The van der Waals surface area contributed by atoms with Crippen LogP contribution in [0.4, 0.5) is 14.4 Å². The lowest BCUT2D eigenvalue weighted by Crippen LogP contribution is -2.58. The lowest BCUT2D eigenvalue weighted by molar-refractivity contribution is -0.199. The molecule has 1 aliphatic rings. The highest BCUT2D eigenvalue weighted by Crippen LogP contribution is 2.17. The number of hydroxylamine groups is 4. The fraction of sp³-hybridized carbons (Fsp3) is 0.480. The van der Waals surface area contributed by atoms with Crippen LogP contribution in [0.15, 0.2) is 91.0 Å². The standard InChI is InChI=1S/C50H68N8O13/c1-50(2,3)71-48(65)53-29-26-42(59)51-30-27-43(60)57(67)31-16-25-41(56(4)49(66)69-34-37-19-10-6-11-20-37)45(62)54-39(23-14-28-52-47(64)68-33-36-17-8-5-9-18-36)44(61)55-40-24-15-32-58(46(40)63)70-35-38-21-12-7-13-22-38/h5-13,17-22,39-41,67H,14-16,23-35H2,1-4H3,(H,51,59)(H,52,64)(H,53,65)(H,54,62)(H,55,61)/t39-,40-,41-/m0/s1. The summed E-state index contributed by atoms with van der Waals surface area (Å²) in [6.07, 6.45) is -1.74. The van der Waals surface area contributed by atoms with Crippen LogP contribution in [0.5, 0.6) is 0 Å². The molecule has 1 aliphatic heterocycles. The van der Waals surface area contributed by atoms with Gasteiger partial charge in [0.25, 0.3) is 5.91 Å². The van der Waals surface area contributed by atoms with E-state index in [9.17, 15) is 43.6 Å². The van der Waals surface area contributed by atoms with E-state index in [0.717, 1.165) is 16.0 Å². The number of hydrogen-bond donors (Lipinski definition) is 6. The normalized spacial score (nSPS) is 14.2. The van der Waals surface area contributed by atoms with Crippen molar-refractivity contribution in [3.63, 3.8) is 0 Å². The lowest BCUT2D eigenvalue weighted by Gasteiger charge is -2.33. The van der Waals surface area contributed by atoms with Crippen molar-refractivity contribution in [3.05, 3.63) is 108 Å². The van der Waals surface area contributed by atoms with E-state index in [1.807, 2.05) is 60.7 Å². The molecular formula is C50H68N8O13. The summed E-state index contributed by atoms with van der Waals surface area (Å²) in [7, 11) is 1.34. The van der Waals surface area contributed by atoms with Gasteiger partial charge < -0.3 is 40.8 Å². The summed E-state index contributed by atoms with van der Waals surface area (Å²) in [5.74, 6) is -3.12. The van der Waals surface area contributed by atoms with Crippen molar-refractivity contribution in [2.45, 2.75) is 116 Å². The fourth-order valence-corrected chi connectivity index (χ4v) is 7.04. The Morgan fingerprint density at radius 2 is 1.30 bits per heavy atom. The van der Waals surface area contributed by atoms with Gasteiger partial charge in [0, 0.05) is 52.6 Å². The largest absolute Gasteiger partial charge is 0.445 e. The monoisotopic (exact) mass is 988 g/mol. The number of hydrogen-bond acceptors (Lipinski definition) is 13. The predicted molar refractivity (Wildman–Crippen MR) is 257 cm³/mol. The molecule has 21 nitrogen and oxygen atoms in total. The van der Waals surface area contributed by atoms with E-state index in [-0.39, 0.29) is 84.5 Å². The van der Waals surface area contributed by atoms with Crippen LogP contribution >= 0.6 is 0 Å². The maximum atomic E-state index is 14.3. The molecule has 0 radical (unpaired) electrons. The van der Waals surface area contributed by atoms with E-state index >= 15 is 0 Å². The molecule has 3 aromatic carbocycles. The van der Waals surface area contributed by atoms with Gasteiger partial charge in [-0.1, -0.05) is 91.0 Å². The second-order valence-corrected chi connectivity index (χ2v) is 17.7. The second kappa shape index (κ2) is 29.7. The van der Waals surface area contributed by atoms with Gasteiger partial charge in [0.15, 0.2) is 0 Å². The van der Waals surface area contributed by atoms with E-state index in [1.165, 1.54) is 12.1 Å². The molecule has 1 saturated heterocycles. The van der Waals surface area contributed by atoms with Crippen molar-refractivity contribution in [1.29, 1.82) is 0 Å². The highest BCUT2D eigenvalue weighted by atomic mass is 16.7. The van der Waals surface area contributed by atoms with Crippen molar-refractivity contribution < 1.29 is 62.6 Å². The van der Waals surface area contributed by atoms with Gasteiger partial charge in [-0.2, -0.15) is 0 Å².